The summed E-state index contributed by atoms with van der Waals surface area (Å²) in [6, 6.07) is 13.2. The zero-order chi connectivity index (χ0) is 26.0. The van der Waals surface area contributed by atoms with E-state index in [-0.39, 0.29) is 29.5 Å². The maximum atomic E-state index is 15.6. The minimum Gasteiger partial charge on any atom is -0.342 e. The molecule has 2 aliphatic carbocycles. The molecule has 2 saturated carbocycles. The molecule has 1 atom stereocenters. The molecule has 2 amide bonds. The maximum absolute atomic E-state index is 15.6. The van der Waals surface area contributed by atoms with Gasteiger partial charge in [-0.15, -0.1) is 0 Å². The molecule has 194 valence electrons. The molecule has 38 heavy (non-hydrogen) atoms. The van der Waals surface area contributed by atoms with Crippen molar-refractivity contribution >= 4 is 17.6 Å². The number of hydrogen-bond acceptors (Lipinski definition) is 4. The Morgan fingerprint density at radius 3 is 2.37 bits per heavy atom. The van der Waals surface area contributed by atoms with Gasteiger partial charge in [0.1, 0.15) is 17.2 Å². The highest BCUT2D eigenvalue weighted by molar-refractivity contribution is 6.16. The number of aromatic nitrogens is 2. The first-order chi connectivity index (χ1) is 18.4. The average molecular weight is 512 g/mol. The van der Waals surface area contributed by atoms with E-state index in [0.717, 1.165) is 48.1 Å². The van der Waals surface area contributed by atoms with Gasteiger partial charge in [0, 0.05) is 44.4 Å². The number of hydrogen-bond donors (Lipinski definition) is 0. The first-order valence-electron chi connectivity index (χ1n) is 13.5. The zero-order valence-electron chi connectivity index (χ0n) is 21.4. The first kappa shape index (κ1) is 23.3. The third-order valence-corrected chi connectivity index (χ3v) is 8.37. The lowest BCUT2D eigenvalue weighted by molar-refractivity contribution is -0.131. The number of aryl methyl sites for hydroxylation is 1. The summed E-state index contributed by atoms with van der Waals surface area (Å²) in [5.74, 6) is 0.673. The average Bonchev–Trinajstić information content (AvgIpc) is 3.81. The summed E-state index contributed by atoms with van der Waals surface area (Å²) >= 11 is 0. The van der Waals surface area contributed by atoms with E-state index in [1.54, 1.807) is 15.6 Å². The summed E-state index contributed by atoms with van der Waals surface area (Å²) in [6.45, 7) is 1.88. The molecule has 0 radical (unpaired) electrons. The topological polar surface area (TPSA) is 70.8 Å². The number of amidine groups is 1. The molecule has 7 nitrogen and oxygen atoms in total. The van der Waals surface area contributed by atoms with E-state index < -0.39 is 5.54 Å². The van der Waals surface area contributed by atoms with E-state index in [0.29, 0.717) is 37.3 Å². The number of carbonyl (C=O) groups excluding carboxylic acids is 2. The number of aliphatic imine (C=N–C) groups is 1. The highest BCUT2D eigenvalue weighted by atomic mass is 19.1. The molecule has 1 aromatic heterocycles. The lowest BCUT2D eigenvalue weighted by Gasteiger charge is -2.24. The van der Waals surface area contributed by atoms with E-state index in [4.69, 9.17) is 4.99 Å². The van der Waals surface area contributed by atoms with Crippen molar-refractivity contribution in [3.63, 3.8) is 0 Å². The van der Waals surface area contributed by atoms with Crippen LogP contribution in [0.1, 0.15) is 37.7 Å². The van der Waals surface area contributed by atoms with Gasteiger partial charge in [-0.05, 0) is 66.8 Å². The lowest BCUT2D eigenvalue weighted by Crippen LogP contribution is -2.41. The minimum absolute atomic E-state index is 0.0195. The molecule has 3 aromatic rings. The van der Waals surface area contributed by atoms with Crippen molar-refractivity contribution in [2.24, 2.45) is 23.9 Å². The quantitative estimate of drug-likeness (QED) is 0.496. The number of amides is 2. The number of rotatable bonds is 6. The van der Waals surface area contributed by atoms with Gasteiger partial charge in [-0.3, -0.25) is 24.2 Å². The van der Waals surface area contributed by atoms with Crippen molar-refractivity contribution < 1.29 is 14.0 Å². The van der Waals surface area contributed by atoms with Crippen molar-refractivity contribution in [1.29, 1.82) is 0 Å². The number of likely N-dealkylation sites (tertiary alicyclic amines) is 1. The van der Waals surface area contributed by atoms with Crippen molar-refractivity contribution in [1.82, 2.24) is 19.6 Å². The fourth-order valence-electron chi connectivity index (χ4n) is 5.81. The fourth-order valence-corrected chi connectivity index (χ4v) is 5.81. The molecule has 2 aromatic carbocycles. The second kappa shape index (κ2) is 8.61. The molecule has 7 rings (SSSR count). The molecule has 0 bridgehead atoms. The van der Waals surface area contributed by atoms with Gasteiger partial charge in [-0.25, -0.2) is 4.39 Å². The first-order valence-corrected chi connectivity index (χ1v) is 13.5. The van der Waals surface area contributed by atoms with Crippen LogP contribution in [0.3, 0.4) is 0 Å². The smallest absolute Gasteiger partial charge is 0.256 e. The monoisotopic (exact) mass is 511 g/mol. The van der Waals surface area contributed by atoms with Crippen LogP contribution in [0.15, 0.2) is 59.9 Å². The zero-order valence-corrected chi connectivity index (χ0v) is 21.4. The third kappa shape index (κ3) is 4.03. The van der Waals surface area contributed by atoms with Gasteiger partial charge < -0.3 is 4.90 Å². The van der Waals surface area contributed by atoms with E-state index in [1.165, 1.54) is 6.07 Å². The summed E-state index contributed by atoms with van der Waals surface area (Å²) < 4.78 is 17.4. The number of benzene rings is 2. The Balaban J connectivity index is 1.11. The summed E-state index contributed by atoms with van der Waals surface area (Å²) in [4.78, 5) is 34.3. The van der Waals surface area contributed by atoms with Crippen molar-refractivity contribution in [3.8, 4) is 22.3 Å². The molecule has 3 fully saturated rings. The Morgan fingerprint density at radius 2 is 1.74 bits per heavy atom. The van der Waals surface area contributed by atoms with Crippen molar-refractivity contribution in [2.75, 3.05) is 19.6 Å². The van der Waals surface area contributed by atoms with Gasteiger partial charge in [0.25, 0.3) is 5.91 Å². The molecule has 4 aliphatic rings. The van der Waals surface area contributed by atoms with Crippen LogP contribution in [0.25, 0.3) is 22.3 Å². The Morgan fingerprint density at radius 1 is 1.03 bits per heavy atom. The van der Waals surface area contributed by atoms with Crippen LogP contribution >= 0.6 is 0 Å². The standard InChI is InChI=1S/C30H30FN5O2/c1-34-18-24(15-32-34)21-4-2-20(3-5-21)23-8-9-25(26(31)14-23)27-33-30(11-12-30)29(38)36(27)17-19-10-13-35(16-19)28(37)22-6-7-22/h2-5,8-9,14-15,18-19,22H,6-7,10-13,16-17H2,1H3/t19-/m1/s1. The van der Waals surface area contributed by atoms with Crippen molar-refractivity contribution in [3.05, 3.63) is 66.2 Å². The number of nitrogens with zero attached hydrogens (tertiary/aromatic N) is 5. The minimum atomic E-state index is -0.704. The Labute approximate surface area is 221 Å². The van der Waals surface area contributed by atoms with Crippen LogP contribution in [-0.4, -0.2) is 62.4 Å². The van der Waals surface area contributed by atoms with E-state index in [9.17, 15) is 9.59 Å². The van der Waals surface area contributed by atoms with E-state index >= 15 is 4.39 Å². The Kier molecular flexibility index (Phi) is 5.29. The van der Waals surface area contributed by atoms with Gasteiger partial charge in [0.15, 0.2) is 0 Å². The normalized spacial score (nSPS) is 21.9. The van der Waals surface area contributed by atoms with Crippen LogP contribution in [0, 0.1) is 17.7 Å². The highest BCUT2D eigenvalue weighted by Crippen LogP contribution is 2.46. The van der Waals surface area contributed by atoms with Crippen LogP contribution in [-0.2, 0) is 16.6 Å². The van der Waals surface area contributed by atoms with Crippen LogP contribution in [0.4, 0.5) is 4.39 Å². The maximum Gasteiger partial charge on any atom is 0.256 e. The van der Waals surface area contributed by atoms with Crippen LogP contribution < -0.4 is 0 Å². The molecule has 0 N–H and O–H groups in total. The summed E-state index contributed by atoms with van der Waals surface area (Å²) in [7, 11) is 1.88. The molecule has 8 heteroatoms. The van der Waals surface area contributed by atoms with Crippen LogP contribution in [0.2, 0.25) is 0 Å². The molecule has 1 saturated heterocycles. The lowest BCUT2D eigenvalue weighted by atomic mass is 10.00. The molecular weight excluding hydrogens is 481 g/mol. The van der Waals surface area contributed by atoms with Gasteiger partial charge in [-0.1, -0.05) is 30.3 Å². The van der Waals surface area contributed by atoms with Gasteiger partial charge in [0.2, 0.25) is 5.91 Å². The van der Waals surface area contributed by atoms with Gasteiger partial charge >= 0.3 is 0 Å². The Hall–Kier alpha value is -3.81. The number of carbonyl (C=O) groups is 2. The van der Waals surface area contributed by atoms with E-state index in [2.05, 4.69) is 5.10 Å². The molecular formula is C30H30FN5O2. The second-order valence-corrected chi connectivity index (χ2v) is 11.3. The predicted molar refractivity (Wildman–Crippen MR) is 142 cm³/mol. The molecule has 3 heterocycles. The third-order valence-electron chi connectivity index (χ3n) is 8.37. The molecule has 1 spiro atoms. The largest absolute Gasteiger partial charge is 0.342 e. The highest BCUT2D eigenvalue weighted by Gasteiger charge is 2.58. The summed E-state index contributed by atoms with van der Waals surface area (Å²) in [5, 5.41) is 4.22. The molecule has 2 aliphatic heterocycles. The second-order valence-electron chi connectivity index (χ2n) is 11.3. The number of halogens is 1. The summed E-state index contributed by atoms with van der Waals surface area (Å²) in [5.41, 5.74) is 3.42. The van der Waals surface area contributed by atoms with Crippen molar-refractivity contribution in [2.45, 2.75) is 37.6 Å². The Bertz CT molecular complexity index is 1470. The van der Waals surface area contributed by atoms with Gasteiger partial charge in [-0.2, -0.15) is 5.10 Å². The van der Waals surface area contributed by atoms with Gasteiger partial charge in [0.05, 0.1) is 11.8 Å². The predicted octanol–water partition coefficient (Wildman–Crippen LogP) is 4.27. The van der Waals surface area contributed by atoms with E-state index in [1.807, 2.05) is 54.7 Å². The molecule has 0 unspecified atom stereocenters. The van der Waals surface area contributed by atoms with Crippen LogP contribution in [0.5, 0.6) is 0 Å². The SMILES string of the molecule is Cn1cc(-c2ccc(-c3ccc(C4=NC5(CC5)C(=O)N4C[C@@H]4CCN(C(=O)C5CC5)C4)c(F)c3)cc2)cn1. The summed E-state index contributed by atoms with van der Waals surface area (Å²) in [6.07, 6.45) is 8.05. The fraction of sp³-hybridized carbons (Fsp3) is 0.400.